The monoisotopic (exact) mass is 410 g/mol. The molecule has 2 aromatic carbocycles. The lowest BCUT2D eigenvalue weighted by Gasteiger charge is -2.21. The van der Waals surface area contributed by atoms with E-state index in [1.807, 2.05) is 42.2 Å². The molecule has 7 heteroatoms. The molecular weight excluding hydrogens is 388 g/mol. The molecule has 2 heterocycles. The van der Waals surface area contributed by atoms with Crippen LogP contribution in [0.15, 0.2) is 53.1 Å². The topological polar surface area (TPSA) is 62.5 Å². The summed E-state index contributed by atoms with van der Waals surface area (Å²) in [5, 5.41) is 4.68. The fourth-order valence-electron chi connectivity index (χ4n) is 3.47. The molecule has 1 fully saturated rings. The minimum absolute atomic E-state index is 0.0220. The maximum Gasteiger partial charge on any atom is 0.253 e. The summed E-state index contributed by atoms with van der Waals surface area (Å²) in [4.78, 5) is 21.4. The van der Waals surface area contributed by atoms with Crippen molar-refractivity contribution in [2.45, 2.75) is 19.9 Å². The van der Waals surface area contributed by atoms with E-state index < -0.39 is 0 Å². The fraction of sp³-hybridized carbons (Fsp3) is 0.318. The summed E-state index contributed by atoms with van der Waals surface area (Å²) in [6, 6.07) is 15.2. The van der Waals surface area contributed by atoms with Gasteiger partial charge >= 0.3 is 0 Å². The average Bonchev–Trinajstić information content (AvgIpc) is 3.06. The van der Waals surface area contributed by atoms with Gasteiger partial charge in [-0.05, 0) is 31.5 Å². The summed E-state index contributed by atoms with van der Waals surface area (Å²) >= 11 is 6.03. The Morgan fingerprint density at radius 3 is 2.72 bits per heavy atom. The molecule has 0 saturated carbocycles. The summed E-state index contributed by atoms with van der Waals surface area (Å²) < 4.78 is 5.45. The number of carbonyl (C=O) groups excluding carboxylic acids is 1. The van der Waals surface area contributed by atoms with Gasteiger partial charge in [0, 0.05) is 42.3 Å². The van der Waals surface area contributed by atoms with Crippen LogP contribution in [0.4, 0.5) is 0 Å². The minimum atomic E-state index is 0.0220. The van der Waals surface area contributed by atoms with Gasteiger partial charge < -0.3 is 9.42 Å². The summed E-state index contributed by atoms with van der Waals surface area (Å²) in [5.74, 6) is 1.22. The molecule has 0 radical (unpaired) electrons. The van der Waals surface area contributed by atoms with Crippen LogP contribution in [0.1, 0.15) is 28.2 Å². The molecule has 1 aliphatic heterocycles. The number of benzene rings is 2. The Morgan fingerprint density at radius 1 is 1.10 bits per heavy atom. The molecule has 6 nitrogen and oxygen atoms in total. The zero-order valence-electron chi connectivity index (χ0n) is 16.3. The van der Waals surface area contributed by atoms with Gasteiger partial charge in [-0.15, -0.1) is 0 Å². The normalized spacial score (nSPS) is 15.3. The number of hydrogen-bond donors (Lipinski definition) is 0. The van der Waals surface area contributed by atoms with Gasteiger partial charge in [-0.25, -0.2) is 0 Å². The lowest BCUT2D eigenvalue weighted by molar-refractivity contribution is 0.0760. The lowest BCUT2D eigenvalue weighted by atomic mass is 10.1. The Morgan fingerprint density at radius 2 is 1.93 bits per heavy atom. The summed E-state index contributed by atoms with van der Waals surface area (Å²) in [7, 11) is 0. The lowest BCUT2D eigenvalue weighted by Crippen LogP contribution is -2.35. The van der Waals surface area contributed by atoms with Crippen LogP contribution in [0.25, 0.3) is 11.4 Å². The van der Waals surface area contributed by atoms with Crippen LogP contribution in [0.3, 0.4) is 0 Å². The van der Waals surface area contributed by atoms with Gasteiger partial charge in [0.2, 0.25) is 11.7 Å². The van der Waals surface area contributed by atoms with Gasteiger partial charge in [-0.1, -0.05) is 52.7 Å². The Bertz CT molecular complexity index is 986. The highest BCUT2D eigenvalue weighted by Gasteiger charge is 2.22. The number of nitrogens with zero attached hydrogens (tertiary/aromatic N) is 4. The molecule has 4 rings (SSSR count). The van der Waals surface area contributed by atoms with Crippen molar-refractivity contribution in [1.29, 1.82) is 0 Å². The minimum Gasteiger partial charge on any atom is -0.338 e. The molecule has 1 amide bonds. The van der Waals surface area contributed by atoms with Crippen LogP contribution in [-0.2, 0) is 6.54 Å². The molecule has 1 aromatic heterocycles. The summed E-state index contributed by atoms with van der Waals surface area (Å²) in [6.45, 7) is 5.64. The van der Waals surface area contributed by atoms with E-state index in [-0.39, 0.29) is 5.91 Å². The number of carbonyl (C=O) groups is 1. The Kier molecular flexibility index (Phi) is 5.92. The molecule has 0 unspecified atom stereocenters. The van der Waals surface area contributed by atoms with Crippen molar-refractivity contribution < 1.29 is 9.32 Å². The molecule has 0 spiro atoms. The molecule has 1 aliphatic rings. The predicted molar refractivity (Wildman–Crippen MR) is 112 cm³/mol. The maximum atomic E-state index is 12.8. The zero-order chi connectivity index (χ0) is 20.2. The van der Waals surface area contributed by atoms with Crippen molar-refractivity contribution in [3.8, 4) is 11.4 Å². The second-order valence-corrected chi connectivity index (χ2v) is 7.75. The SMILES string of the molecule is Cc1ccc(-c2noc(CN3CCCN(C(=O)c4cccc(Cl)c4)CC3)n2)cc1. The Balaban J connectivity index is 1.37. The molecule has 29 heavy (non-hydrogen) atoms. The molecule has 1 saturated heterocycles. The van der Waals surface area contributed by atoms with E-state index in [9.17, 15) is 4.79 Å². The van der Waals surface area contributed by atoms with Gasteiger partial charge in [-0.2, -0.15) is 4.98 Å². The number of aryl methyl sites for hydroxylation is 1. The van der Waals surface area contributed by atoms with Crippen molar-refractivity contribution in [1.82, 2.24) is 19.9 Å². The standard InChI is InChI=1S/C22H23ClN4O2/c1-16-6-8-17(9-7-16)21-24-20(29-25-21)15-26-10-3-11-27(13-12-26)22(28)18-4-2-5-19(23)14-18/h2,4-9,14H,3,10-13,15H2,1H3. The van der Waals surface area contributed by atoms with Gasteiger partial charge in [0.25, 0.3) is 5.91 Å². The Hall–Kier alpha value is -2.70. The summed E-state index contributed by atoms with van der Waals surface area (Å²) in [5.41, 5.74) is 2.77. The third-order valence-electron chi connectivity index (χ3n) is 5.08. The highest BCUT2D eigenvalue weighted by atomic mass is 35.5. The van der Waals surface area contributed by atoms with Crippen LogP contribution in [-0.4, -0.2) is 52.0 Å². The molecular formula is C22H23ClN4O2. The largest absolute Gasteiger partial charge is 0.338 e. The van der Waals surface area contributed by atoms with E-state index in [0.717, 1.165) is 31.6 Å². The van der Waals surface area contributed by atoms with E-state index in [0.29, 0.717) is 35.4 Å². The van der Waals surface area contributed by atoms with Crippen molar-refractivity contribution >= 4 is 17.5 Å². The number of halogens is 1. The van der Waals surface area contributed by atoms with Gasteiger partial charge in [0.05, 0.1) is 6.54 Å². The first kappa shape index (κ1) is 19.6. The quantitative estimate of drug-likeness (QED) is 0.649. The summed E-state index contributed by atoms with van der Waals surface area (Å²) in [6.07, 6.45) is 0.894. The van der Waals surface area contributed by atoms with Gasteiger partial charge in [0.15, 0.2) is 0 Å². The highest BCUT2D eigenvalue weighted by Crippen LogP contribution is 2.18. The smallest absolute Gasteiger partial charge is 0.253 e. The van der Waals surface area contributed by atoms with Crippen LogP contribution >= 0.6 is 11.6 Å². The van der Waals surface area contributed by atoms with Crippen molar-refractivity contribution in [3.63, 3.8) is 0 Å². The number of aromatic nitrogens is 2. The molecule has 0 bridgehead atoms. The third kappa shape index (κ3) is 4.83. The molecule has 150 valence electrons. The van der Waals surface area contributed by atoms with E-state index in [2.05, 4.69) is 15.0 Å². The van der Waals surface area contributed by atoms with Gasteiger partial charge in [0.1, 0.15) is 0 Å². The molecule has 0 atom stereocenters. The number of hydrogen-bond acceptors (Lipinski definition) is 5. The number of amides is 1. The van der Waals surface area contributed by atoms with Crippen LogP contribution in [0.2, 0.25) is 5.02 Å². The predicted octanol–water partition coefficient (Wildman–Crippen LogP) is 4.05. The molecule has 0 aliphatic carbocycles. The zero-order valence-corrected chi connectivity index (χ0v) is 17.1. The first-order valence-corrected chi connectivity index (χ1v) is 10.1. The van der Waals surface area contributed by atoms with Crippen LogP contribution in [0, 0.1) is 6.92 Å². The van der Waals surface area contributed by atoms with E-state index in [1.165, 1.54) is 5.56 Å². The van der Waals surface area contributed by atoms with Gasteiger partial charge in [-0.3, -0.25) is 9.69 Å². The average molecular weight is 411 g/mol. The van der Waals surface area contributed by atoms with Crippen molar-refractivity contribution in [2.24, 2.45) is 0 Å². The molecule has 0 N–H and O–H groups in total. The fourth-order valence-corrected chi connectivity index (χ4v) is 3.66. The maximum absolute atomic E-state index is 12.8. The van der Waals surface area contributed by atoms with Crippen molar-refractivity contribution in [3.05, 3.63) is 70.6 Å². The highest BCUT2D eigenvalue weighted by molar-refractivity contribution is 6.30. The second kappa shape index (κ2) is 8.76. The van der Waals surface area contributed by atoms with Crippen LogP contribution in [0.5, 0.6) is 0 Å². The third-order valence-corrected chi connectivity index (χ3v) is 5.32. The van der Waals surface area contributed by atoms with E-state index in [4.69, 9.17) is 16.1 Å². The van der Waals surface area contributed by atoms with Crippen LogP contribution < -0.4 is 0 Å². The van der Waals surface area contributed by atoms with Crippen molar-refractivity contribution in [2.75, 3.05) is 26.2 Å². The number of rotatable bonds is 4. The first-order valence-electron chi connectivity index (χ1n) is 9.75. The van der Waals surface area contributed by atoms with E-state index >= 15 is 0 Å². The Labute approximate surface area is 175 Å². The first-order chi connectivity index (χ1) is 14.1. The molecule has 3 aromatic rings. The van der Waals surface area contributed by atoms with E-state index in [1.54, 1.807) is 18.2 Å². The second-order valence-electron chi connectivity index (χ2n) is 7.31.